The maximum Gasteiger partial charge on any atom is 0.191 e. The van der Waals surface area contributed by atoms with Crippen LogP contribution >= 0.6 is 35.7 Å². The Morgan fingerprint density at radius 3 is 2.78 bits per heavy atom. The fourth-order valence-electron chi connectivity index (χ4n) is 2.83. The van der Waals surface area contributed by atoms with Gasteiger partial charge in [0.2, 0.25) is 0 Å². The Hall–Kier alpha value is -0.580. The van der Waals surface area contributed by atoms with Crippen molar-refractivity contribution in [1.29, 1.82) is 0 Å². The van der Waals surface area contributed by atoms with Crippen molar-refractivity contribution in [2.45, 2.75) is 37.7 Å². The number of nitrogens with zero attached hydrogens (tertiary/aromatic N) is 1. The van der Waals surface area contributed by atoms with Gasteiger partial charge in [0.25, 0.3) is 0 Å². The summed E-state index contributed by atoms with van der Waals surface area (Å²) >= 11 is 1.69. The summed E-state index contributed by atoms with van der Waals surface area (Å²) in [5.41, 5.74) is 2.11. The number of benzene rings is 1. The van der Waals surface area contributed by atoms with Gasteiger partial charge in [-0.05, 0) is 48.8 Å². The van der Waals surface area contributed by atoms with Gasteiger partial charge in [-0.3, -0.25) is 4.99 Å². The largest absolute Gasteiger partial charge is 0.381 e. The van der Waals surface area contributed by atoms with Gasteiger partial charge >= 0.3 is 0 Å². The van der Waals surface area contributed by atoms with Crippen LogP contribution in [0.2, 0.25) is 0 Å². The summed E-state index contributed by atoms with van der Waals surface area (Å²) in [6, 6.07) is 4.95. The van der Waals surface area contributed by atoms with E-state index in [9.17, 15) is 4.39 Å². The molecular weight excluding hydrogens is 480 g/mol. The number of aliphatic imine (C=N–C) groups is 1. The van der Waals surface area contributed by atoms with Crippen LogP contribution in [0.3, 0.4) is 0 Å². The summed E-state index contributed by atoms with van der Waals surface area (Å²) in [5, 5.41) is 6.59. The lowest BCUT2D eigenvalue weighted by molar-refractivity contribution is -0.0320. The smallest absolute Gasteiger partial charge is 0.191 e. The number of hydrogen-bond acceptors (Lipinski definition) is 4. The molecular formula is C19H31FIN3O2S. The third-order valence-electron chi connectivity index (χ3n) is 4.27. The number of guanidine groups is 1. The third-order valence-corrected chi connectivity index (χ3v) is 4.87. The Labute approximate surface area is 183 Å². The second kappa shape index (κ2) is 14.4. The van der Waals surface area contributed by atoms with Crippen LogP contribution in [0.25, 0.3) is 0 Å². The Kier molecular flexibility index (Phi) is 13.1. The number of thioether (sulfide) groups is 1. The van der Waals surface area contributed by atoms with Crippen LogP contribution in [-0.4, -0.2) is 51.7 Å². The lowest BCUT2D eigenvalue weighted by Gasteiger charge is -2.22. The van der Waals surface area contributed by atoms with Crippen molar-refractivity contribution in [2.75, 3.05) is 39.7 Å². The second-order valence-corrected chi connectivity index (χ2v) is 7.10. The molecule has 154 valence electrons. The monoisotopic (exact) mass is 511 g/mol. The van der Waals surface area contributed by atoms with Crippen molar-refractivity contribution in [3.05, 3.63) is 35.1 Å². The zero-order valence-corrected chi connectivity index (χ0v) is 19.3. The van der Waals surface area contributed by atoms with E-state index < -0.39 is 0 Å². The normalized spacial score (nSPS) is 15.3. The first-order valence-corrected chi connectivity index (χ1v) is 10.5. The van der Waals surface area contributed by atoms with E-state index in [-0.39, 0.29) is 29.8 Å². The molecule has 0 aliphatic carbocycles. The van der Waals surface area contributed by atoms with Crippen LogP contribution in [0.5, 0.6) is 0 Å². The predicted octanol–water partition coefficient (Wildman–Crippen LogP) is 3.56. The highest BCUT2D eigenvalue weighted by atomic mass is 127. The fourth-order valence-corrected chi connectivity index (χ4v) is 3.41. The van der Waals surface area contributed by atoms with E-state index in [1.165, 1.54) is 6.07 Å². The van der Waals surface area contributed by atoms with Gasteiger partial charge in [0, 0.05) is 45.7 Å². The zero-order valence-electron chi connectivity index (χ0n) is 16.1. The van der Waals surface area contributed by atoms with Crippen LogP contribution in [0.4, 0.5) is 4.39 Å². The minimum Gasteiger partial charge on any atom is -0.381 e. The predicted molar refractivity (Wildman–Crippen MR) is 122 cm³/mol. The van der Waals surface area contributed by atoms with Gasteiger partial charge < -0.3 is 20.1 Å². The molecule has 2 rings (SSSR count). The molecule has 1 saturated heterocycles. The highest BCUT2D eigenvalue weighted by Gasteiger charge is 2.13. The molecule has 27 heavy (non-hydrogen) atoms. The third kappa shape index (κ3) is 9.45. The van der Waals surface area contributed by atoms with E-state index in [1.807, 2.05) is 12.3 Å². The number of nitrogens with one attached hydrogen (secondary N) is 2. The van der Waals surface area contributed by atoms with Crippen LogP contribution in [-0.2, 0) is 21.8 Å². The maximum absolute atomic E-state index is 13.4. The average Bonchev–Trinajstić information content (AvgIpc) is 2.66. The molecule has 1 heterocycles. The van der Waals surface area contributed by atoms with Gasteiger partial charge in [-0.25, -0.2) is 4.39 Å². The minimum atomic E-state index is -0.190. The molecule has 8 heteroatoms. The lowest BCUT2D eigenvalue weighted by atomic mass is 10.1. The first-order valence-electron chi connectivity index (χ1n) is 9.13. The van der Waals surface area contributed by atoms with E-state index in [0.717, 1.165) is 68.5 Å². The van der Waals surface area contributed by atoms with Crippen LogP contribution < -0.4 is 10.6 Å². The highest BCUT2D eigenvalue weighted by molar-refractivity contribution is 14.0. The number of rotatable bonds is 9. The van der Waals surface area contributed by atoms with Gasteiger partial charge in [0.15, 0.2) is 5.96 Å². The molecule has 0 bridgehead atoms. The molecule has 0 aromatic heterocycles. The standard InChI is InChI=1S/C19H30FN3O2S.HI/c1-21-19(22-8-3-9-25-18-6-10-24-11-7-18)23-13-15-4-5-17(20)12-16(15)14-26-2;/h4-5,12,18H,3,6-11,13-14H2,1-2H3,(H2,21,22,23);1H. The molecule has 1 fully saturated rings. The number of hydrogen-bond donors (Lipinski definition) is 2. The molecule has 0 unspecified atom stereocenters. The maximum atomic E-state index is 13.4. The minimum absolute atomic E-state index is 0. The van der Waals surface area contributed by atoms with E-state index in [1.54, 1.807) is 24.9 Å². The molecule has 0 radical (unpaired) electrons. The first-order chi connectivity index (χ1) is 12.7. The second-order valence-electron chi connectivity index (χ2n) is 6.23. The molecule has 2 N–H and O–H groups in total. The topological polar surface area (TPSA) is 54.9 Å². The highest BCUT2D eigenvalue weighted by Crippen LogP contribution is 2.16. The number of halogens is 2. The van der Waals surface area contributed by atoms with Crippen molar-refractivity contribution >= 4 is 41.7 Å². The fraction of sp³-hybridized carbons (Fsp3) is 0.632. The van der Waals surface area contributed by atoms with Crippen LogP contribution in [0, 0.1) is 5.82 Å². The molecule has 1 aliphatic heterocycles. The Bertz CT molecular complexity index is 572. The van der Waals surface area contributed by atoms with E-state index in [4.69, 9.17) is 9.47 Å². The molecule has 0 atom stereocenters. The molecule has 0 spiro atoms. The number of ether oxygens (including phenoxy) is 2. The molecule has 0 amide bonds. The van der Waals surface area contributed by atoms with Gasteiger partial charge in [0.1, 0.15) is 5.82 Å². The Morgan fingerprint density at radius 2 is 2.07 bits per heavy atom. The summed E-state index contributed by atoms with van der Waals surface area (Å²) in [7, 11) is 1.75. The molecule has 1 aromatic carbocycles. The lowest BCUT2D eigenvalue weighted by Crippen LogP contribution is -2.38. The molecule has 0 saturated carbocycles. The van der Waals surface area contributed by atoms with Crippen molar-refractivity contribution in [3.63, 3.8) is 0 Å². The summed E-state index contributed by atoms with van der Waals surface area (Å²) in [6.45, 7) is 3.77. The van der Waals surface area contributed by atoms with Crippen molar-refractivity contribution in [3.8, 4) is 0 Å². The summed E-state index contributed by atoms with van der Waals surface area (Å²) in [4.78, 5) is 4.24. The van der Waals surface area contributed by atoms with Gasteiger partial charge in [-0.1, -0.05) is 6.07 Å². The summed E-state index contributed by atoms with van der Waals surface area (Å²) in [5.74, 6) is 1.35. The van der Waals surface area contributed by atoms with Crippen molar-refractivity contribution in [2.24, 2.45) is 4.99 Å². The quantitative estimate of drug-likeness (QED) is 0.230. The molecule has 1 aromatic rings. The van der Waals surface area contributed by atoms with Gasteiger partial charge in [-0.15, -0.1) is 24.0 Å². The summed E-state index contributed by atoms with van der Waals surface area (Å²) < 4.78 is 24.6. The van der Waals surface area contributed by atoms with E-state index >= 15 is 0 Å². The summed E-state index contributed by atoms with van der Waals surface area (Å²) in [6.07, 6.45) is 5.27. The van der Waals surface area contributed by atoms with E-state index in [0.29, 0.717) is 12.6 Å². The van der Waals surface area contributed by atoms with Crippen molar-refractivity contribution in [1.82, 2.24) is 10.6 Å². The molecule has 5 nitrogen and oxygen atoms in total. The van der Waals surface area contributed by atoms with Gasteiger partial charge in [0.05, 0.1) is 6.10 Å². The zero-order chi connectivity index (χ0) is 18.6. The first kappa shape index (κ1) is 24.5. The Morgan fingerprint density at radius 1 is 1.30 bits per heavy atom. The molecule has 1 aliphatic rings. The van der Waals surface area contributed by atoms with Gasteiger partial charge in [-0.2, -0.15) is 11.8 Å². The van der Waals surface area contributed by atoms with Crippen molar-refractivity contribution < 1.29 is 13.9 Å². The average molecular weight is 511 g/mol. The van der Waals surface area contributed by atoms with E-state index in [2.05, 4.69) is 15.6 Å². The van der Waals surface area contributed by atoms with Crippen LogP contribution in [0.1, 0.15) is 30.4 Å². The van der Waals surface area contributed by atoms with Crippen LogP contribution in [0.15, 0.2) is 23.2 Å². The Balaban J connectivity index is 0.00000364. The SMILES string of the molecule is CN=C(NCCCOC1CCOCC1)NCc1ccc(F)cc1CSC.I.